The van der Waals surface area contributed by atoms with Crippen LogP contribution in [0.4, 0.5) is 18.0 Å². The molecule has 12 heteroatoms. The predicted molar refractivity (Wildman–Crippen MR) is 159 cm³/mol. The molecule has 3 aromatic carbocycles. The molecular weight excluding hydrogens is 577 g/mol. The SMILES string of the molecule is C/C(=C\c1ccc(-c2ncn(-c3ccc(OC(F)(F)F)cc3)n2)cc1)NC(=O)/N=c1\scc(C)n1-c1c(C)cccc1C. The van der Waals surface area contributed by atoms with Crippen LogP contribution in [-0.2, 0) is 0 Å². The molecule has 8 nitrogen and oxygen atoms in total. The highest BCUT2D eigenvalue weighted by Crippen LogP contribution is 2.24. The van der Waals surface area contributed by atoms with Crippen molar-refractivity contribution in [1.29, 1.82) is 0 Å². The van der Waals surface area contributed by atoms with E-state index in [9.17, 15) is 18.0 Å². The van der Waals surface area contributed by atoms with Crippen molar-refractivity contribution in [3.8, 4) is 28.5 Å². The van der Waals surface area contributed by atoms with Gasteiger partial charge in [0.15, 0.2) is 10.6 Å². The van der Waals surface area contributed by atoms with Crippen LogP contribution in [0.3, 0.4) is 0 Å². The number of halogens is 3. The fraction of sp³-hybridized carbons (Fsp3) is 0.161. The van der Waals surface area contributed by atoms with Crippen molar-refractivity contribution in [3.63, 3.8) is 0 Å². The summed E-state index contributed by atoms with van der Waals surface area (Å²) in [6.07, 6.45) is -1.45. The quantitative estimate of drug-likeness (QED) is 0.221. The first-order valence-electron chi connectivity index (χ1n) is 13.1. The molecule has 0 bridgehead atoms. The third kappa shape index (κ3) is 7.09. The Morgan fingerprint density at radius 2 is 1.67 bits per heavy atom. The molecule has 0 aliphatic heterocycles. The van der Waals surface area contributed by atoms with Gasteiger partial charge < -0.3 is 10.1 Å². The van der Waals surface area contributed by atoms with Crippen LogP contribution in [-0.4, -0.2) is 31.7 Å². The highest BCUT2D eigenvalue weighted by molar-refractivity contribution is 7.07. The minimum absolute atomic E-state index is 0.317. The number of nitrogens with one attached hydrogen (secondary N) is 1. The Hall–Kier alpha value is -4.97. The number of urea groups is 1. The average molecular weight is 605 g/mol. The van der Waals surface area contributed by atoms with E-state index in [1.165, 1.54) is 46.6 Å². The molecule has 0 unspecified atom stereocenters. The monoisotopic (exact) mass is 604 g/mol. The van der Waals surface area contributed by atoms with Gasteiger partial charge in [0.05, 0.1) is 11.4 Å². The molecule has 5 rings (SSSR count). The average Bonchev–Trinajstić information content (AvgIpc) is 3.56. The molecule has 0 saturated heterocycles. The summed E-state index contributed by atoms with van der Waals surface area (Å²) in [6, 6.07) is 18.4. The minimum Gasteiger partial charge on any atom is -0.406 e. The van der Waals surface area contributed by atoms with E-state index in [4.69, 9.17) is 0 Å². The second kappa shape index (κ2) is 12.1. The molecule has 1 N–H and O–H groups in total. The van der Waals surface area contributed by atoms with E-state index in [0.29, 0.717) is 22.0 Å². The molecule has 0 aliphatic rings. The Morgan fingerprint density at radius 1 is 1.00 bits per heavy atom. The fourth-order valence-electron chi connectivity index (χ4n) is 4.52. The zero-order valence-corrected chi connectivity index (χ0v) is 24.5. The maximum absolute atomic E-state index is 12.8. The van der Waals surface area contributed by atoms with E-state index in [2.05, 4.69) is 25.1 Å². The van der Waals surface area contributed by atoms with Gasteiger partial charge in [-0.1, -0.05) is 42.5 Å². The lowest BCUT2D eigenvalue weighted by Gasteiger charge is -2.12. The van der Waals surface area contributed by atoms with Gasteiger partial charge in [-0.25, -0.2) is 14.5 Å². The topological polar surface area (TPSA) is 86.3 Å². The first kappa shape index (κ1) is 29.5. The molecule has 220 valence electrons. The number of para-hydroxylation sites is 1. The van der Waals surface area contributed by atoms with Crippen molar-refractivity contribution in [1.82, 2.24) is 24.6 Å². The van der Waals surface area contributed by atoms with Crippen LogP contribution < -0.4 is 14.9 Å². The van der Waals surface area contributed by atoms with Crippen molar-refractivity contribution in [2.24, 2.45) is 4.99 Å². The van der Waals surface area contributed by atoms with Gasteiger partial charge in [-0.15, -0.1) is 29.6 Å². The van der Waals surface area contributed by atoms with Crippen LogP contribution in [0.25, 0.3) is 28.8 Å². The van der Waals surface area contributed by atoms with E-state index in [1.54, 1.807) is 6.92 Å². The van der Waals surface area contributed by atoms with Gasteiger partial charge in [-0.3, -0.25) is 4.57 Å². The third-order valence-corrected chi connectivity index (χ3v) is 7.37. The molecule has 5 aromatic rings. The molecule has 0 atom stereocenters. The molecule has 2 amide bonds. The molecule has 0 fully saturated rings. The standard InChI is InChI=1S/C31H27F3N6O2S/c1-19-6-5-7-20(2)27(19)40-22(4)17-43-30(40)37-29(41)36-21(3)16-23-8-10-24(11-9-23)28-35-18-39(38-28)25-12-14-26(15-13-25)42-31(32,33)34/h5-18H,1-4H3,(H,36,41)/b21-16+,37-30-. The van der Waals surface area contributed by atoms with Crippen LogP contribution >= 0.6 is 11.3 Å². The van der Waals surface area contributed by atoms with E-state index < -0.39 is 12.4 Å². The number of ether oxygens (including phenoxy) is 1. The summed E-state index contributed by atoms with van der Waals surface area (Å²) in [4.78, 5) is 22.0. The van der Waals surface area contributed by atoms with Crippen molar-refractivity contribution in [2.45, 2.75) is 34.1 Å². The number of alkyl halides is 3. The van der Waals surface area contributed by atoms with Gasteiger partial charge in [0.1, 0.15) is 12.1 Å². The lowest BCUT2D eigenvalue weighted by molar-refractivity contribution is -0.274. The normalized spacial score (nSPS) is 12.4. The smallest absolute Gasteiger partial charge is 0.406 e. The summed E-state index contributed by atoms with van der Waals surface area (Å²) in [5.74, 6) is 0.126. The summed E-state index contributed by atoms with van der Waals surface area (Å²) in [5.41, 5.74) is 6.95. The highest BCUT2D eigenvalue weighted by atomic mass is 32.1. The number of carbonyl (C=O) groups excluding carboxylic acids is 1. The number of thiazole rings is 1. The predicted octanol–water partition coefficient (Wildman–Crippen LogP) is 7.28. The molecule has 0 spiro atoms. The number of rotatable bonds is 6. The van der Waals surface area contributed by atoms with E-state index in [-0.39, 0.29) is 5.75 Å². The van der Waals surface area contributed by atoms with Crippen LogP contribution in [0.2, 0.25) is 0 Å². The lowest BCUT2D eigenvalue weighted by Crippen LogP contribution is -2.23. The van der Waals surface area contributed by atoms with Crippen molar-refractivity contribution >= 4 is 23.4 Å². The minimum atomic E-state index is -4.75. The van der Waals surface area contributed by atoms with Crippen molar-refractivity contribution in [2.75, 3.05) is 0 Å². The first-order chi connectivity index (χ1) is 20.5. The highest BCUT2D eigenvalue weighted by Gasteiger charge is 2.31. The van der Waals surface area contributed by atoms with Crippen LogP contribution in [0.15, 0.2) is 89.1 Å². The summed E-state index contributed by atoms with van der Waals surface area (Å²) < 4.78 is 44.6. The number of amides is 2. The number of hydrogen-bond acceptors (Lipinski definition) is 5. The Morgan fingerprint density at radius 3 is 2.33 bits per heavy atom. The maximum atomic E-state index is 12.8. The Bertz CT molecular complexity index is 1850. The van der Waals surface area contributed by atoms with E-state index in [1.807, 2.05) is 79.3 Å². The largest absolute Gasteiger partial charge is 0.573 e. The van der Waals surface area contributed by atoms with Gasteiger partial charge in [0.25, 0.3) is 0 Å². The summed E-state index contributed by atoms with van der Waals surface area (Å²) in [6.45, 7) is 7.85. The number of hydrogen-bond donors (Lipinski definition) is 1. The molecule has 2 heterocycles. The van der Waals surface area contributed by atoms with Gasteiger partial charge >= 0.3 is 12.4 Å². The maximum Gasteiger partial charge on any atom is 0.573 e. The first-order valence-corrected chi connectivity index (χ1v) is 14.0. The van der Waals surface area contributed by atoms with E-state index >= 15 is 0 Å². The zero-order chi connectivity index (χ0) is 30.7. The lowest BCUT2D eigenvalue weighted by atomic mass is 10.1. The summed E-state index contributed by atoms with van der Waals surface area (Å²) in [7, 11) is 0. The van der Waals surface area contributed by atoms with Crippen LogP contribution in [0.5, 0.6) is 5.75 Å². The number of carbonyl (C=O) groups is 1. The number of aromatic nitrogens is 4. The van der Waals surface area contributed by atoms with Gasteiger partial charge in [0.2, 0.25) is 0 Å². The molecule has 0 radical (unpaired) electrons. The number of aryl methyl sites for hydroxylation is 3. The second-order valence-electron chi connectivity index (χ2n) is 9.78. The van der Waals surface area contributed by atoms with Crippen LogP contribution in [0, 0.1) is 20.8 Å². The van der Waals surface area contributed by atoms with Crippen LogP contribution in [0.1, 0.15) is 29.3 Å². The summed E-state index contributed by atoms with van der Waals surface area (Å²) in [5, 5.41) is 9.23. The second-order valence-corrected chi connectivity index (χ2v) is 10.6. The number of nitrogens with zero attached hydrogens (tertiary/aromatic N) is 5. The van der Waals surface area contributed by atoms with E-state index in [0.717, 1.165) is 33.6 Å². The molecule has 0 aliphatic carbocycles. The Kier molecular flexibility index (Phi) is 8.31. The number of allylic oxidation sites excluding steroid dienone is 1. The summed E-state index contributed by atoms with van der Waals surface area (Å²) >= 11 is 1.41. The molecule has 2 aromatic heterocycles. The van der Waals surface area contributed by atoms with Gasteiger partial charge in [0, 0.05) is 22.3 Å². The zero-order valence-electron chi connectivity index (χ0n) is 23.7. The third-order valence-electron chi connectivity index (χ3n) is 6.42. The Labute approximate surface area is 249 Å². The van der Waals surface area contributed by atoms with Gasteiger partial charge in [-0.05, 0) is 74.7 Å². The molecule has 0 saturated carbocycles. The van der Waals surface area contributed by atoms with Gasteiger partial charge in [-0.2, -0.15) is 4.99 Å². The van der Waals surface area contributed by atoms with Crippen molar-refractivity contribution < 1.29 is 22.7 Å². The molecular formula is C31H27F3N6O2S. The fourth-order valence-corrected chi connectivity index (χ4v) is 5.38. The van der Waals surface area contributed by atoms with Crippen molar-refractivity contribution in [3.05, 3.63) is 111 Å². The molecule has 43 heavy (non-hydrogen) atoms. The Balaban J connectivity index is 1.27. The number of benzene rings is 3.